The topological polar surface area (TPSA) is 60.9 Å². The first-order chi connectivity index (χ1) is 11.5. The van der Waals surface area contributed by atoms with Gasteiger partial charge in [0.15, 0.2) is 0 Å². The quantitative estimate of drug-likeness (QED) is 0.914. The van der Waals surface area contributed by atoms with Gasteiger partial charge in [0.25, 0.3) is 5.91 Å². The van der Waals surface area contributed by atoms with Crippen LogP contribution in [0.2, 0.25) is 0 Å². The van der Waals surface area contributed by atoms with Gasteiger partial charge in [-0.1, -0.05) is 52.8 Å². The van der Waals surface area contributed by atoms with Gasteiger partial charge in [-0.05, 0) is 23.0 Å². The normalized spacial score (nSPS) is 19.5. The summed E-state index contributed by atoms with van der Waals surface area (Å²) in [7, 11) is 0. The Labute approximate surface area is 150 Å². The number of nitrogens with zero attached hydrogens (tertiary/aromatic N) is 2. The van der Waals surface area contributed by atoms with Crippen LogP contribution in [0.4, 0.5) is 0 Å². The van der Waals surface area contributed by atoms with E-state index in [9.17, 15) is 14.7 Å². The summed E-state index contributed by atoms with van der Waals surface area (Å²) >= 11 is 0. The summed E-state index contributed by atoms with van der Waals surface area (Å²) in [6.45, 7) is 11.3. The van der Waals surface area contributed by atoms with Gasteiger partial charge in [0.2, 0.25) is 5.91 Å². The van der Waals surface area contributed by atoms with Gasteiger partial charge in [-0.25, -0.2) is 0 Å². The summed E-state index contributed by atoms with van der Waals surface area (Å²) in [6, 6.07) is 9.05. The fourth-order valence-electron chi connectivity index (χ4n) is 3.05. The van der Waals surface area contributed by atoms with E-state index in [0.29, 0.717) is 25.2 Å². The molecule has 1 unspecified atom stereocenters. The van der Waals surface area contributed by atoms with Gasteiger partial charge >= 0.3 is 0 Å². The van der Waals surface area contributed by atoms with E-state index in [1.165, 1.54) is 0 Å². The zero-order chi connectivity index (χ0) is 18.8. The lowest BCUT2D eigenvalue weighted by molar-refractivity contribution is -0.133. The Morgan fingerprint density at radius 2 is 1.80 bits per heavy atom. The van der Waals surface area contributed by atoms with Crippen molar-refractivity contribution in [3.05, 3.63) is 35.9 Å². The third-order valence-electron chi connectivity index (χ3n) is 4.62. The molecule has 0 radical (unpaired) electrons. The molecule has 1 aliphatic rings. The van der Waals surface area contributed by atoms with Gasteiger partial charge in [0, 0.05) is 25.2 Å². The molecule has 1 N–H and O–H groups in total. The first kappa shape index (κ1) is 19.4. The highest BCUT2D eigenvalue weighted by Crippen LogP contribution is 2.26. The Morgan fingerprint density at radius 1 is 1.20 bits per heavy atom. The predicted octanol–water partition coefficient (Wildman–Crippen LogP) is 2.40. The van der Waals surface area contributed by atoms with Crippen molar-refractivity contribution in [3.63, 3.8) is 0 Å². The molecule has 0 aliphatic carbocycles. The first-order valence-corrected chi connectivity index (χ1v) is 8.80. The van der Waals surface area contributed by atoms with Crippen LogP contribution in [0.15, 0.2) is 30.3 Å². The van der Waals surface area contributed by atoms with E-state index in [4.69, 9.17) is 0 Å². The van der Waals surface area contributed by atoms with Gasteiger partial charge in [0.05, 0.1) is 6.10 Å². The number of carbonyl (C=O) groups excluding carboxylic acids is 2. The number of β-amino-alcohol motifs (C(OH)–C–C–N with tert-alkyl or cyclic N) is 1. The molecule has 2 amide bonds. The molecular weight excluding hydrogens is 316 g/mol. The number of hydrogen-bond donors (Lipinski definition) is 1. The van der Waals surface area contributed by atoms with Crippen molar-refractivity contribution in [1.29, 1.82) is 0 Å². The highest BCUT2D eigenvalue weighted by molar-refractivity contribution is 5.96. The van der Waals surface area contributed by atoms with Crippen LogP contribution in [0.25, 0.3) is 0 Å². The summed E-state index contributed by atoms with van der Waals surface area (Å²) in [5, 5.41) is 10.4. The summed E-state index contributed by atoms with van der Waals surface area (Å²) in [4.78, 5) is 28.8. The van der Waals surface area contributed by atoms with Crippen LogP contribution in [0.3, 0.4) is 0 Å². The van der Waals surface area contributed by atoms with Gasteiger partial charge in [-0.15, -0.1) is 0 Å². The maximum atomic E-state index is 12.8. The van der Waals surface area contributed by atoms with Crippen molar-refractivity contribution in [1.82, 2.24) is 9.80 Å². The number of benzene rings is 1. The van der Waals surface area contributed by atoms with Gasteiger partial charge in [-0.3, -0.25) is 9.59 Å². The van der Waals surface area contributed by atoms with Crippen LogP contribution in [-0.4, -0.2) is 59.0 Å². The molecule has 25 heavy (non-hydrogen) atoms. The third-order valence-corrected chi connectivity index (χ3v) is 4.62. The van der Waals surface area contributed by atoms with Crippen molar-refractivity contribution in [2.75, 3.05) is 26.2 Å². The van der Waals surface area contributed by atoms with Crippen molar-refractivity contribution in [3.8, 4) is 0 Å². The Kier molecular flexibility index (Phi) is 5.57. The fraction of sp³-hybridized carbons (Fsp3) is 0.600. The molecule has 5 heteroatoms. The average Bonchev–Trinajstić information content (AvgIpc) is 2.62. The lowest BCUT2D eigenvalue weighted by Crippen LogP contribution is -2.46. The molecule has 1 aromatic rings. The highest BCUT2D eigenvalue weighted by Gasteiger charge is 2.37. The standard InChI is InChI=1S/C20H30N2O3/c1-19(2,3)16(23)11-21-13-20(4,5)14-22(12-17(21)24)18(25)15-9-7-6-8-10-15/h6-10,16,23H,11-14H2,1-5H3. The van der Waals surface area contributed by atoms with Crippen LogP contribution in [-0.2, 0) is 4.79 Å². The second-order valence-electron chi connectivity index (χ2n) is 8.85. The highest BCUT2D eigenvalue weighted by atomic mass is 16.3. The molecule has 1 atom stereocenters. The summed E-state index contributed by atoms with van der Waals surface area (Å²) in [5.74, 6) is -0.238. The molecule has 0 bridgehead atoms. The third kappa shape index (κ3) is 5.05. The van der Waals surface area contributed by atoms with E-state index >= 15 is 0 Å². The largest absolute Gasteiger partial charge is 0.391 e. The van der Waals surface area contributed by atoms with Crippen LogP contribution in [0.5, 0.6) is 0 Å². The molecular formula is C20H30N2O3. The van der Waals surface area contributed by atoms with Crippen LogP contribution in [0, 0.1) is 10.8 Å². The molecule has 2 rings (SSSR count). The van der Waals surface area contributed by atoms with Crippen molar-refractivity contribution in [2.45, 2.75) is 40.7 Å². The van der Waals surface area contributed by atoms with Crippen molar-refractivity contribution < 1.29 is 14.7 Å². The maximum Gasteiger partial charge on any atom is 0.254 e. The predicted molar refractivity (Wildman–Crippen MR) is 98.2 cm³/mol. The summed E-state index contributed by atoms with van der Waals surface area (Å²) in [5.41, 5.74) is 0.0547. The number of rotatable bonds is 3. The Hall–Kier alpha value is -1.88. The van der Waals surface area contributed by atoms with E-state index in [1.807, 2.05) is 52.8 Å². The zero-order valence-corrected chi connectivity index (χ0v) is 16.0. The van der Waals surface area contributed by atoms with Crippen LogP contribution in [0.1, 0.15) is 45.0 Å². The van der Waals surface area contributed by atoms with Crippen molar-refractivity contribution >= 4 is 11.8 Å². The van der Waals surface area contributed by atoms with E-state index in [1.54, 1.807) is 21.9 Å². The number of amides is 2. The summed E-state index contributed by atoms with van der Waals surface area (Å²) < 4.78 is 0. The number of aliphatic hydroxyl groups excluding tert-OH is 1. The molecule has 1 aliphatic heterocycles. The van der Waals surface area contributed by atoms with E-state index < -0.39 is 6.10 Å². The molecule has 5 nitrogen and oxygen atoms in total. The molecule has 1 aromatic carbocycles. The minimum Gasteiger partial charge on any atom is -0.391 e. The molecule has 138 valence electrons. The molecule has 1 saturated heterocycles. The smallest absolute Gasteiger partial charge is 0.254 e. The van der Waals surface area contributed by atoms with Crippen molar-refractivity contribution in [2.24, 2.45) is 10.8 Å². The number of aliphatic hydroxyl groups is 1. The second kappa shape index (κ2) is 7.16. The monoisotopic (exact) mass is 346 g/mol. The molecule has 1 fully saturated rings. The minimum atomic E-state index is -0.608. The van der Waals surface area contributed by atoms with Crippen LogP contribution < -0.4 is 0 Å². The first-order valence-electron chi connectivity index (χ1n) is 8.80. The van der Waals surface area contributed by atoms with Gasteiger partial charge in [-0.2, -0.15) is 0 Å². The minimum absolute atomic E-state index is 0.0496. The molecule has 0 spiro atoms. The van der Waals surface area contributed by atoms with Gasteiger partial charge < -0.3 is 14.9 Å². The summed E-state index contributed by atoms with van der Waals surface area (Å²) in [6.07, 6.45) is -0.608. The van der Waals surface area contributed by atoms with Crippen LogP contribution >= 0.6 is 0 Å². The maximum absolute atomic E-state index is 12.8. The fourth-order valence-corrected chi connectivity index (χ4v) is 3.05. The average molecular weight is 346 g/mol. The molecule has 1 heterocycles. The lowest BCUT2D eigenvalue weighted by atomic mass is 9.88. The van der Waals surface area contributed by atoms with E-state index in [-0.39, 0.29) is 29.2 Å². The van der Waals surface area contributed by atoms with Gasteiger partial charge in [0.1, 0.15) is 6.54 Å². The number of hydrogen-bond acceptors (Lipinski definition) is 3. The van der Waals surface area contributed by atoms with E-state index in [0.717, 1.165) is 0 Å². The Bertz CT molecular complexity index is 620. The molecule has 0 saturated carbocycles. The lowest BCUT2D eigenvalue weighted by Gasteiger charge is -2.34. The van der Waals surface area contributed by atoms with E-state index in [2.05, 4.69) is 0 Å². The molecule has 0 aromatic heterocycles. The second-order valence-corrected chi connectivity index (χ2v) is 8.85. The Morgan fingerprint density at radius 3 is 2.36 bits per heavy atom. The zero-order valence-electron chi connectivity index (χ0n) is 16.0. The Balaban J connectivity index is 2.18. The number of carbonyl (C=O) groups is 2. The SMILES string of the molecule is CC1(C)CN(CC(O)C(C)(C)C)C(=O)CN(C(=O)c2ccccc2)C1.